The van der Waals surface area contributed by atoms with Crippen molar-refractivity contribution in [3.05, 3.63) is 40.6 Å². The normalized spacial score (nSPS) is 8.50. The maximum atomic E-state index is 11.7. The van der Waals surface area contributed by atoms with Gasteiger partial charge in [-0.3, -0.25) is 0 Å². The van der Waals surface area contributed by atoms with Crippen molar-refractivity contribution in [3.8, 4) is 18.2 Å². The van der Waals surface area contributed by atoms with E-state index in [-0.39, 0.29) is 17.7 Å². The van der Waals surface area contributed by atoms with Gasteiger partial charge in [0.15, 0.2) is 0 Å². The molecular weight excluding hydrogens is 278 g/mol. The monoisotopic (exact) mass is 285 g/mol. The maximum absolute atomic E-state index is 11.7. The van der Waals surface area contributed by atoms with E-state index in [2.05, 4.69) is 10.6 Å². The van der Waals surface area contributed by atoms with Gasteiger partial charge in [0.2, 0.25) is 0 Å². The third-order valence-corrected chi connectivity index (χ3v) is 2.40. The summed E-state index contributed by atoms with van der Waals surface area (Å²) < 4.78 is 0. The highest BCUT2D eigenvalue weighted by Gasteiger charge is 2.10. The van der Waals surface area contributed by atoms with E-state index in [1.165, 1.54) is 0 Å². The molecule has 2 N–H and O–H groups in total. The third kappa shape index (κ3) is 4.34. The molecule has 1 aromatic carbocycles. The number of nitriles is 3. The molecule has 0 saturated carbocycles. The number of rotatable bonds is 3. The van der Waals surface area contributed by atoms with Gasteiger partial charge in [-0.1, -0.05) is 11.6 Å². The Bertz CT molecular complexity index is 642. The lowest BCUT2D eigenvalue weighted by molar-refractivity contribution is 0.254. The Balaban J connectivity index is 2.81. The van der Waals surface area contributed by atoms with Gasteiger partial charge in [-0.05, 0) is 24.3 Å². The molecule has 0 aliphatic rings. The van der Waals surface area contributed by atoms with Gasteiger partial charge in [-0.25, -0.2) is 4.79 Å². The minimum Gasteiger partial charge on any atom is -0.308 e. The molecule has 0 radical (unpaired) electrons. The molecule has 2 amide bonds. The molecule has 0 atom stereocenters. The van der Waals surface area contributed by atoms with Crippen LogP contribution in [0.5, 0.6) is 0 Å². The Labute approximate surface area is 120 Å². The molecule has 1 aromatic rings. The van der Waals surface area contributed by atoms with Crippen LogP contribution in [-0.4, -0.2) is 6.03 Å². The number of anilines is 1. The molecule has 0 saturated heterocycles. The predicted molar refractivity (Wildman–Crippen MR) is 72.1 cm³/mol. The van der Waals surface area contributed by atoms with Crippen molar-refractivity contribution in [1.29, 1.82) is 15.8 Å². The minimum absolute atomic E-state index is 0.0380. The van der Waals surface area contributed by atoms with Crippen molar-refractivity contribution in [3.63, 3.8) is 0 Å². The number of hydrogen-bond acceptors (Lipinski definition) is 4. The zero-order valence-corrected chi connectivity index (χ0v) is 10.9. The van der Waals surface area contributed by atoms with Crippen LogP contribution in [0.3, 0.4) is 0 Å². The lowest BCUT2D eigenvalue weighted by Crippen LogP contribution is -2.28. The average molecular weight is 286 g/mol. The van der Waals surface area contributed by atoms with Crippen LogP contribution < -0.4 is 10.6 Å². The molecular formula is C13H8ClN5O. The summed E-state index contributed by atoms with van der Waals surface area (Å²) in [6.07, 6.45) is -0.246. The van der Waals surface area contributed by atoms with E-state index in [0.29, 0.717) is 10.7 Å². The zero-order chi connectivity index (χ0) is 15.0. The van der Waals surface area contributed by atoms with E-state index < -0.39 is 6.03 Å². The number of carbonyl (C=O) groups is 1. The first-order valence-electron chi connectivity index (χ1n) is 5.34. The SMILES string of the molecule is N#CCC(NC(=O)Nc1ccc(Cl)cc1)=C(C#N)C#N. The van der Waals surface area contributed by atoms with Crippen LogP contribution in [0.15, 0.2) is 35.5 Å². The highest BCUT2D eigenvalue weighted by Crippen LogP contribution is 2.13. The fourth-order valence-corrected chi connectivity index (χ4v) is 1.39. The lowest BCUT2D eigenvalue weighted by atomic mass is 10.2. The van der Waals surface area contributed by atoms with Gasteiger partial charge in [-0.2, -0.15) is 15.8 Å². The number of nitrogens with zero attached hydrogens (tertiary/aromatic N) is 3. The standard InChI is InChI=1S/C13H8ClN5O/c14-10-1-3-11(4-2-10)18-13(20)19-12(5-6-15)9(7-16)8-17/h1-4H,5H2,(H2,18,19,20). The van der Waals surface area contributed by atoms with E-state index in [4.69, 9.17) is 27.4 Å². The van der Waals surface area contributed by atoms with E-state index in [1.54, 1.807) is 42.5 Å². The highest BCUT2D eigenvalue weighted by molar-refractivity contribution is 6.30. The molecule has 20 heavy (non-hydrogen) atoms. The molecule has 0 heterocycles. The maximum Gasteiger partial charge on any atom is 0.323 e. The first-order valence-corrected chi connectivity index (χ1v) is 5.72. The largest absolute Gasteiger partial charge is 0.323 e. The van der Waals surface area contributed by atoms with Crippen molar-refractivity contribution in [2.75, 3.05) is 5.32 Å². The average Bonchev–Trinajstić information content (AvgIpc) is 2.43. The molecule has 0 bridgehead atoms. The molecule has 0 fully saturated rings. The first-order chi connectivity index (χ1) is 9.60. The second kappa shape index (κ2) is 7.43. The highest BCUT2D eigenvalue weighted by atomic mass is 35.5. The minimum atomic E-state index is -0.652. The molecule has 6 nitrogen and oxygen atoms in total. The number of carbonyl (C=O) groups excluding carboxylic acids is 1. The van der Waals surface area contributed by atoms with E-state index in [9.17, 15) is 4.79 Å². The summed E-state index contributed by atoms with van der Waals surface area (Å²) in [4.78, 5) is 11.7. The predicted octanol–water partition coefficient (Wildman–Crippen LogP) is 2.68. The van der Waals surface area contributed by atoms with Gasteiger partial charge >= 0.3 is 6.03 Å². The molecule has 0 aromatic heterocycles. The topological polar surface area (TPSA) is 112 Å². The summed E-state index contributed by atoms with van der Waals surface area (Å²) in [6, 6.07) is 10.7. The molecule has 0 unspecified atom stereocenters. The number of hydrogen-bond donors (Lipinski definition) is 2. The van der Waals surface area contributed by atoms with Crippen LogP contribution in [0.4, 0.5) is 10.5 Å². The number of halogens is 1. The number of nitrogens with one attached hydrogen (secondary N) is 2. The smallest absolute Gasteiger partial charge is 0.308 e. The fraction of sp³-hybridized carbons (Fsp3) is 0.0769. The van der Waals surface area contributed by atoms with Gasteiger partial charge in [-0.15, -0.1) is 0 Å². The zero-order valence-electron chi connectivity index (χ0n) is 10.1. The number of allylic oxidation sites excluding steroid dienone is 2. The van der Waals surface area contributed by atoms with Crippen LogP contribution in [0, 0.1) is 34.0 Å². The van der Waals surface area contributed by atoms with E-state index in [1.807, 2.05) is 0 Å². The number of benzene rings is 1. The fourth-order valence-electron chi connectivity index (χ4n) is 1.27. The van der Waals surface area contributed by atoms with Gasteiger partial charge in [0.05, 0.1) is 18.2 Å². The van der Waals surface area contributed by atoms with Gasteiger partial charge in [0, 0.05) is 10.7 Å². The Hall–Kier alpha value is -3.01. The third-order valence-electron chi connectivity index (χ3n) is 2.15. The Morgan fingerprint density at radius 2 is 1.75 bits per heavy atom. The first kappa shape index (κ1) is 15.0. The van der Waals surface area contributed by atoms with Crippen molar-refractivity contribution in [2.45, 2.75) is 6.42 Å². The van der Waals surface area contributed by atoms with E-state index in [0.717, 1.165) is 0 Å². The Kier molecular flexibility index (Phi) is 5.59. The molecule has 0 aliphatic carbocycles. The molecule has 7 heteroatoms. The second-order valence-electron chi connectivity index (χ2n) is 3.50. The van der Waals surface area contributed by atoms with Crippen molar-refractivity contribution >= 4 is 23.3 Å². The number of urea groups is 1. The Morgan fingerprint density at radius 1 is 1.15 bits per heavy atom. The van der Waals surface area contributed by atoms with Crippen LogP contribution in [0.25, 0.3) is 0 Å². The molecule has 0 spiro atoms. The Morgan fingerprint density at radius 3 is 2.25 bits per heavy atom. The summed E-state index contributed by atoms with van der Waals surface area (Å²) in [5, 5.41) is 31.4. The van der Waals surface area contributed by atoms with Crippen LogP contribution in [-0.2, 0) is 0 Å². The van der Waals surface area contributed by atoms with Crippen LogP contribution in [0.2, 0.25) is 5.02 Å². The van der Waals surface area contributed by atoms with Crippen molar-refractivity contribution in [2.24, 2.45) is 0 Å². The quantitative estimate of drug-likeness (QED) is 0.831. The lowest BCUT2D eigenvalue weighted by Gasteiger charge is -2.08. The van der Waals surface area contributed by atoms with Crippen molar-refractivity contribution < 1.29 is 4.79 Å². The summed E-state index contributed by atoms with van der Waals surface area (Å²) >= 11 is 5.71. The molecule has 1 rings (SSSR count). The summed E-state index contributed by atoms with van der Waals surface area (Å²) in [5.74, 6) is 0. The summed E-state index contributed by atoms with van der Waals surface area (Å²) in [5.41, 5.74) is 0.139. The molecule has 98 valence electrons. The van der Waals surface area contributed by atoms with Crippen LogP contribution in [0.1, 0.15) is 6.42 Å². The number of amides is 2. The van der Waals surface area contributed by atoms with E-state index >= 15 is 0 Å². The van der Waals surface area contributed by atoms with Crippen LogP contribution >= 0.6 is 11.6 Å². The molecule has 0 aliphatic heterocycles. The van der Waals surface area contributed by atoms with Gasteiger partial charge < -0.3 is 10.6 Å². The second-order valence-corrected chi connectivity index (χ2v) is 3.93. The van der Waals surface area contributed by atoms with Gasteiger partial charge in [0.1, 0.15) is 17.7 Å². The van der Waals surface area contributed by atoms with Crippen molar-refractivity contribution in [1.82, 2.24) is 5.32 Å². The summed E-state index contributed by atoms with van der Waals surface area (Å²) in [6.45, 7) is 0. The summed E-state index contributed by atoms with van der Waals surface area (Å²) in [7, 11) is 0. The van der Waals surface area contributed by atoms with Gasteiger partial charge in [0.25, 0.3) is 0 Å².